The van der Waals surface area contributed by atoms with Crippen molar-refractivity contribution in [1.29, 1.82) is 0 Å². The molecule has 1 fully saturated rings. The number of halogens is 1. The van der Waals surface area contributed by atoms with Crippen molar-refractivity contribution in [3.8, 4) is 0 Å². The number of benzene rings is 1. The molecule has 1 saturated heterocycles. The third-order valence-electron chi connectivity index (χ3n) is 4.19. The molecule has 2 atom stereocenters. The number of rotatable bonds is 5. The van der Waals surface area contributed by atoms with Crippen molar-refractivity contribution >= 4 is 17.8 Å². The minimum atomic E-state index is -1.07. The van der Waals surface area contributed by atoms with Crippen LogP contribution in [0.3, 0.4) is 0 Å². The summed E-state index contributed by atoms with van der Waals surface area (Å²) in [6, 6.07) is 4.36. The van der Waals surface area contributed by atoms with Gasteiger partial charge in [0.2, 0.25) is 5.91 Å². The maximum Gasteiger partial charge on any atom is 0.326 e. The Labute approximate surface area is 139 Å². The fourth-order valence-corrected chi connectivity index (χ4v) is 2.78. The number of nitrogens with zero attached hydrogens (tertiary/aromatic N) is 1. The number of likely N-dealkylation sites (tertiary alicyclic amines) is 1. The van der Waals surface area contributed by atoms with Crippen molar-refractivity contribution in [2.45, 2.75) is 32.2 Å². The molecule has 130 valence electrons. The Morgan fingerprint density at radius 3 is 2.58 bits per heavy atom. The molecular weight excluding hydrogens is 315 g/mol. The molecule has 2 amide bonds. The Balaban J connectivity index is 2.00. The lowest BCUT2D eigenvalue weighted by molar-refractivity contribution is -0.142. The molecule has 0 radical (unpaired) electrons. The van der Waals surface area contributed by atoms with Gasteiger partial charge in [0.25, 0.3) is 5.91 Å². The fraction of sp³-hybridized carbons (Fsp3) is 0.471. The SMILES string of the molecule is CCC(NC(=O)C1CCCN(C(=O)c2ccc(F)cc2)C1)C(=O)O. The van der Waals surface area contributed by atoms with E-state index in [0.29, 0.717) is 31.4 Å². The number of carbonyl (C=O) groups is 3. The first-order valence-corrected chi connectivity index (χ1v) is 8.00. The van der Waals surface area contributed by atoms with Crippen molar-refractivity contribution in [2.75, 3.05) is 13.1 Å². The van der Waals surface area contributed by atoms with Crippen LogP contribution >= 0.6 is 0 Å². The van der Waals surface area contributed by atoms with Crippen molar-refractivity contribution in [3.05, 3.63) is 35.6 Å². The summed E-state index contributed by atoms with van der Waals surface area (Å²) in [5.74, 6) is -2.52. The van der Waals surface area contributed by atoms with Gasteiger partial charge in [0, 0.05) is 18.7 Å². The van der Waals surface area contributed by atoms with Gasteiger partial charge in [-0.05, 0) is 43.5 Å². The van der Waals surface area contributed by atoms with Crippen LogP contribution in [0.2, 0.25) is 0 Å². The van der Waals surface area contributed by atoms with E-state index in [0.717, 1.165) is 0 Å². The minimum absolute atomic E-state index is 0.234. The number of amides is 2. The summed E-state index contributed by atoms with van der Waals surface area (Å²) >= 11 is 0. The van der Waals surface area contributed by atoms with E-state index in [1.807, 2.05) is 0 Å². The monoisotopic (exact) mass is 336 g/mol. The van der Waals surface area contributed by atoms with Gasteiger partial charge >= 0.3 is 5.97 Å². The van der Waals surface area contributed by atoms with Gasteiger partial charge in [0.05, 0.1) is 5.92 Å². The van der Waals surface area contributed by atoms with Crippen LogP contribution < -0.4 is 5.32 Å². The molecule has 2 rings (SSSR count). The van der Waals surface area contributed by atoms with E-state index in [4.69, 9.17) is 5.11 Å². The smallest absolute Gasteiger partial charge is 0.326 e. The molecule has 1 aliphatic heterocycles. The maximum absolute atomic E-state index is 13.0. The number of aliphatic carboxylic acids is 1. The minimum Gasteiger partial charge on any atom is -0.480 e. The molecule has 0 aromatic heterocycles. The van der Waals surface area contributed by atoms with Gasteiger partial charge in [0.1, 0.15) is 11.9 Å². The molecule has 1 aromatic rings. The Morgan fingerprint density at radius 2 is 2.00 bits per heavy atom. The first-order valence-electron chi connectivity index (χ1n) is 8.00. The largest absolute Gasteiger partial charge is 0.480 e. The lowest BCUT2D eigenvalue weighted by Crippen LogP contribution is -2.49. The average molecular weight is 336 g/mol. The van der Waals surface area contributed by atoms with Crippen LogP contribution in [0.5, 0.6) is 0 Å². The van der Waals surface area contributed by atoms with E-state index in [1.165, 1.54) is 24.3 Å². The molecule has 6 nitrogen and oxygen atoms in total. The predicted molar refractivity (Wildman–Crippen MR) is 84.9 cm³/mol. The van der Waals surface area contributed by atoms with Crippen molar-refractivity contribution < 1.29 is 23.9 Å². The summed E-state index contributed by atoms with van der Waals surface area (Å²) in [7, 11) is 0. The van der Waals surface area contributed by atoms with Gasteiger partial charge < -0.3 is 15.3 Å². The molecule has 2 unspecified atom stereocenters. The van der Waals surface area contributed by atoms with E-state index in [9.17, 15) is 18.8 Å². The fourth-order valence-electron chi connectivity index (χ4n) is 2.78. The van der Waals surface area contributed by atoms with Crippen molar-refractivity contribution in [1.82, 2.24) is 10.2 Å². The second-order valence-electron chi connectivity index (χ2n) is 5.90. The highest BCUT2D eigenvalue weighted by Crippen LogP contribution is 2.19. The summed E-state index contributed by atoms with van der Waals surface area (Å²) in [6.45, 7) is 2.44. The number of hydrogen-bond acceptors (Lipinski definition) is 3. The second kappa shape index (κ2) is 7.90. The van der Waals surface area contributed by atoms with Gasteiger partial charge in [-0.25, -0.2) is 9.18 Å². The van der Waals surface area contributed by atoms with E-state index in [-0.39, 0.29) is 18.4 Å². The van der Waals surface area contributed by atoms with Crippen LogP contribution in [0.4, 0.5) is 4.39 Å². The average Bonchev–Trinajstić information content (AvgIpc) is 2.59. The molecule has 2 N–H and O–H groups in total. The van der Waals surface area contributed by atoms with E-state index in [2.05, 4.69) is 5.32 Å². The first-order chi connectivity index (χ1) is 11.4. The number of carboxylic acid groups (broad SMARTS) is 1. The first kappa shape index (κ1) is 17.9. The highest BCUT2D eigenvalue weighted by Gasteiger charge is 2.30. The molecule has 0 saturated carbocycles. The van der Waals surface area contributed by atoms with Crippen LogP contribution in [0.25, 0.3) is 0 Å². The highest BCUT2D eigenvalue weighted by atomic mass is 19.1. The summed E-state index contributed by atoms with van der Waals surface area (Å²) in [6.07, 6.45) is 1.57. The quantitative estimate of drug-likeness (QED) is 0.856. The van der Waals surface area contributed by atoms with E-state index < -0.39 is 23.7 Å². The lowest BCUT2D eigenvalue weighted by atomic mass is 9.96. The molecule has 1 aliphatic rings. The molecule has 24 heavy (non-hydrogen) atoms. The zero-order chi connectivity index (χ0) is 17.7. The summed E-state index contributed by atoms with van der Waals surface area (Å²) in [5.41, 5.74) is 0.370. The van der Waals surface area contributed by atoms with Crippen LogP contribution in [-0.4, -0.2) is 46.9 Å². The highest BCUT2D eigenvalue weighted by molar-refractivity contribution is 5.94. The van der Waals surface area contributed by atoms with Crippen LogP contribution in [0, 0.1) is 11.7 Å². The van der Waals surface area contributed by atoms with Crippen LogP contribution in [-0.2, 0) is 9.59 Å². The third-order valence-corrected chi connectivity index (χ3v) is 4.19. The van der Waals surface area contributed by atoms with Crippen molar-refractivity contribution in [3.63, 3.8) is 0 Å². The van der Waals surface area contributed by atoms with Crippen molar-refractivity contribution in [2.24, 2.45) is 5.92 Å². The molecule has 1 heterocycles. The summed E-state index contributed by atoms with van der Waals surface area (Å²) < 4.78 is 13.0. The number of piperidine rings is 1. The third kappa shape index (κ3) is 4.31. The van der Waals surface area contributed by atoms with Gasteiger partial charge in [0.15, 0.2) is 0 Å². The van der Waals surface area contributed by atoms with E-state index in [1.54, 1.807) is 11.8 Å². The second-order valence-corrected chi connectivity index (χ2v) is 5.90. The van der Waals surface area contributed by atoms with Crippen LogP contribution in [0.15, 0.2) is 24.3 Å². The van der Waals surface area contributed by atoms with Crippen LogP contribution in [0.1, 0.15) is 36.5 Å². The normalized spacial score (nSPS) is 18.8. The molecule has 0 bridgehead atoms. The van der Waals surface area contributed by atoms with Gasteiger partial charge in [-0.1, -0.05) is 6.92 Å². The van der Waals surface area contributed by atoms with Gasteiger partial charge in [-0.3, -0.25) is 9.59 Å². The molecular formula is C17H21FN2O4. The zero-order valence-corrected chi connectivity index (χ0v) is 13.5. The Kier molecular flexibility index (Phi) is 5.89. The molecule has 1 aromatic carbocycles. The molecule has 0 spiro atoms. The predicted octanol–water partition coefficient (Wildman–Crippen LogP) is 1.66. The topological polar surface area (TPSA) is 86.7 Å². The summed E-state index contributed by atoms with van der Waals surface area (Å²) in [5, 5.41) is 11.5. The van der Waals surface area contributed by atoms with Gasteiger partial charge in [-0.15, -0.1) is 0 Å². The molecule has 7 heteroatoms. The zero-order valence-electron chi connectivity index (χ0n) is 13.5. The number of nitrogens with one attached hydrogen (secondary N) is 1. The summed E-state index contributed by atoms with van der Waals surface area (Å²) in [4.78, 5) is 37.3. The standard InChI is InChI=1S/C17H21FN2O4/c1-2-14(17(23)24)19-15(21)12-4-3-9-20(10-12)16(22)11-5-7-13(18)8-6-11/h5-8,12,14H,2-4,9-10H2,1H3,(H,19,21)(H,23,24). The number of carbonyl (C=O) groups excluding carboxylic acids is 2. The Morgan fingerprint density at radius 1 is 1.33 bits per heavy atom. The Bertz CT molecular complexity index is 618. The Hall–Kier alpha value is -2.44. The molecule has 0 aliphatic carbocycles. The van der Waals surface area contributed by atoms with E-state index >= 15 is 0 Å². The number of carboxylic acids is 1. The lowest BCUT2D eigenvalue weighted by Gasteiger charge is -2.32. The maximum atomic E-state index is 13.0. The van der Waals surface area contributed by atoms with Gasteiger partial charge in [-0.2, -0.15) is 0 Å². The number of hydrogen-bond donors (Lipinski definition) is 2.